The zero-order valence-corrected chi connectivity index (χ0v) is 11.7. The van der Waals surface area contributed by atoms with Crippen LogP contribution < -0.4 is 4.18 Å². The predicted molar refractivity (Wildman–Crippen MR) is 74.4 cm³/mol. The fourth-order valence-corrected chi connectivity index (χ4v) is 2.31. The molecule has 1 unspecified atom stereocenters. The van der Waals surface area contributed by atoms with Gasteiger partial charge in [0.1, 0.15) is 5.75 Å². The second kappa shape index (κ2) is 5.55. The largest absolute Gasteiger partial charge is 0.397 e. The molecule has 18 heavy (non-hydrogen) atoms. The van der Waals surface area contributed by atoms with Crippen LogP contribution in [0.1, 0.15) is 11.1 Å². The second-order valence-corrected chi connectivity index (χ2v) is 5.56. The van der Waals surface area contributed by atoms with Gasteiger partial charge in [-0.25, -0.2) is 4.21 Å². The average molecular weight is 281 g/mol. The van der Waals surface area contributed by atoms with Crippen LogP contribution in [0, 0.1) is 13.8 Å². The topological polar surface area (TPSA) is 26.3 Å². The molecule has 2 nitrogen and oxygen atoms in total. The van der Waals surface area contributed by atoms with Gasteiger partial charge >= 0.3 is 0 Å². The van der Waals surface area contributed by atoms with Crippen LogP contribution in [0.2, 0.25) is 5.02 Å². The molecule has 4 heteroatoms. The summed E-state index contributed by atoms with van der Waals surface area (Å²) in [7, 11) is 0. The summed E-state index contributed by atoms with van der Waals surface area (Å²) in [6.45, 7) is 3.89. The quantitative estimate of drug-likeness (QED) is 0.847. The molecular weight excluding hydrogens is 268 g/mol. The number of hydrogen-bond donors (Lipinski definition) is 0. The lowest BCUT2D eigenvalue weighted by Gasteiger charge is -2.06. The van der Waals surface area contributed by atoms with Crippen molar-refractivity contribution in [3.63, 3.8) is 0 Å². The van der Waals surface area contributed by atoms with Crippen molar-refractivity contribution in [3.8, 4) is 5.75 Å². The fourth-order valence-electron chi connectivity index (χ4n) is 1.41. The zero-order valence-electron chi connectivity index (χ0n) is 10.1. The van der Waals surface area contributed by atoms with Gasteiger partial charge in [-0.2, -0.15) is 0 Å². The molecule has 2 rings (SSSR count). The lowest BCUT2D eigenvalue weighted by molar-refractivity contribution is 0.562. The number of rotatable bonds is 3. The third-order valence-corrected chi connectivity index (χ3v) is 3.94. The van der Waals surface area contributed by atoms with Crippen LogP contribution in [0.15, 0.2) is 47.4 Å². The van der Waals surface area contributed by atoms with Crippen LogP contribution in [-0.4, -0.2) is 4.21 Å². The molecule has 0 aliphatic heterocycles. The minimum atomic E-state index is -1.52. The van der Waals surface area contributed by atoms with Crippen LogP contribution >= 0.6 is 11.6 Å². The van der Waals surface area contributed by atoms with Crippen molar-refractivity contribution in [3.05, 3.63) is 58.6 Å². The Morgan fingerprint density at radius 1 is 1.06 bits per heavy atom. The van der Waals surface area contributed by atoms with Crippen LogP contribution in [0.3, 0.4) is 0 Å². The molecule has 0 aliphatic rings. The van der Waals surface area contributed by atoms with Gasteiger partial charge < -0.3 is 4.18 Å². The van der Waals surface area contributed by atoms with Crippen LogP contribution in [0.4, 0.5) is 0 Å². The SMILES string of the molecule is Cc1ccc(S(=O)Oc2ccc(C)c(Cl)c2)cc1. The third kappa shape index (κ3) is 3.12. The van der Waals surface area contributed by atoms with Gasteiger partial charge in [-0.3, -0.25) is 0 Å². The van der Waals surface area contributed by atoms with Crippen molar-refractivity contribution >= 4 is 22.7 Å². The highest BCUT2D eigenvalue weighted by Crippen LogP contribution is 2.23. The molecule has 0 aliphatic carbocycles. The maximum Gasteiger partial charge on any atom is 0.240 e. The Morgan fingerprint density at radius 2 is 1.72 bits per heavy atom. The summed E-state index contributed by atoms with van der Waals surface area (Å²) in [5, 5.41) is 0.605. The molecule has 94 valence electrons. The van der Waals surface area contributed by atoms with E-state index in [0.29, 0.717) is 15.7 Å². The van der Waals surface area contributed by atoms with Crippen molar-refractivity contribution in [2.24, 2.45) is 0 Å². The monoisotopic (exact) mass is 280 g/mol. The summed E-state index contributed by atoms with van der Waals surface area (Å²) in [6, 6.07) is 12.7. The molecule has 0 heterocycles. The Kier molecular flexibility index (Phi) is 4.04. The van der Waals surface area contributed by atoms with E-state index in [1.54, 1.807) is 24.3 Å². The Labute approximate surface area is 114 Å². The predicted octanol–water partition coefficient (Wildman–Crippen LogP) is 4.06. The average Bonchev–Trinajstić information content (AvgIpc) is 2.34. The Bertz CT molecular complexity index is 579. The van der Waals surface area contributed by atoms with Gasteiger partial charge in [0.2, 0.25) is 11.1 Å². The maximum atomic E-state index is 12.0. The first-order chi connectivity index (χ1) is 8.56. The number of benzene rings is 2. The summed E-state index contributed by atoms with van der Waals surface area (Å²) < 4.78 is 17.3. The van der Waals surface area contributed by atoms with E-state index in [1.807, 2.05) is 32.0 Å². The smallest absolute Gasteiger partial charge is 0.240 e. The van der Waals surface area contributed by atoms with Crippen molar-refractivity contribution in [1.82, 2.24) is 0 Å². The Balaban J connectivity index is 2.16. The Hall–Kier alpha value is -1.32. The summed E-state index contributed by atoms with van der Waals surface area (Å²) in [5.74, 6) is 0.504. The lowest BCUT2D eigenvalue weighted by Crippen LogP contribution is -2.01. The first kappa shape index (κ1) is 13.1. The van der Waals surface area contributed by atoms with Crippen molar-refractivity contribution in [2.45, 2.75) is 18.7 Å². The van der Waals surface area contributed by atoms with Crippen molar-refractivity contribution in [1.29, 1.82) is 0 Å². The minimum Gasteiger partial charge on any atom is -0.397 e. The standard InChI is InChI=1S/C14H13ClO2S/c1-10-3-7-13(8-4-10)18(16)17-12-6-5-11(2)14(15)9-12/h3-9H,1-2H3. The number of aryl methyl sites for hydroxylation is 2. The second-order valence-electron chi connectivity index (χ2n) is 4.04. The minimum absolute atomic E-state index is 0.504. The van der Waals surface area contributed by atoms with Gasteiger partial charge in [0.05, 0.1) is 4.90 Å². The first-order valence-corrected chi connectivity index (χ1v) is 6.94. The molecule has 0 aromatic heterocycles. The first-order valence-electron chi connectivity index (χ1n) is 5.49. The van der Waals surface area contributed by atoms with Gasteiger partial charge in [0.15, 0.2) is 0 Å². The summed E-state index contributed by atoms with van der Waals surface area (Å²) >= 11 is 4.47. The molecule has 0 radical (unpaired) electrons. The molecule has 2 aromatic rings. The summed E-state index contributed by atoms with van der Waals surface area (Å²) in [5.41, 5.74) is 2.08. The third-order valence-electron chi connectivity index (χ3n) is 2.53. The van der Waals surface area contributed by atoms with Crippen molar-refractivity contribution < 1.29 is 8.39 Å². The van der Waals surface area contributed by atoms with Gasteiger partial charge in [-0.05, 0) is 37.6 Å². The van der Waals surface area contributed by atoms with E-state index in [-0.39, 0.29) is 0 Å². The van der Waals surface area contributed by atoms with E-state index in [0.717, 1.165) is 11.1 Å². The van der Waals surface area contributed by atoms with Crippen LogP contribution in [0.5, 0.6) is 5.75 Å². The maximum absolute atomic E-state index is 12.0. The van der Waals surface area contributed by atoms with E-state index < -0.39 is 11.1 Å². The molecule has 2 aromatic carbocycles. The number of halogens is 1. The molecule has 0 amide bonds. The van der Waals surface area contributed by atoms with Gasteiger partial charge in [-0.1, -0.05) is 35.4 Å². The lowest BCUT2D eigenvalue weighted by atomic mass is 10.2. The van der Waals surface area contributed by atoms with Crippen LogP contribution in [-0.2, 0) is 11.1 Å². The molecule has 1 atom stereocenters. The van der Waals surface area contributed by atoms with E-state index in [4.69, 9.17) is 15.8 Å². The molecule has 0 saturated heterocycles. The molecule has 0 N–H and O–H groups in total. The molecule has 0 spiro atoms. The van der Waals surface area contributed by atoms with E-state index >= 15 is 0 Å². The van der Waals surface area contributed by atoms with Gasteiger partial charge in [-0.15, -0.1) is 0 Å². The zero-order chi connectivity index (χ0) is 13.1. The highest BCUT2D eigenvalue weighted by Gasteiger charge is 2.07. The van der Waals surface area contributed by atoms with E-state index in [2.05, 4.69) is 0 Å². The van der Waals surface area contributed by atoms with Gasteiger partial charge in [0, 0.05) is 11.1 Å². The highest BCUT2D eigenvalue weighted by molar-refractivity contribution is 7.80. The molecule has 0 fully saturated rings. The van der Waals surface area contributed by atoms with Gasteiger partial charge in [0.25, 0.3) is 0 Å². The molecule has 0 saturated carbocycles. The number of hydrogen-bond acceptors (Lipinski definition) is 2. The van der Waals surface area contributed by atoms with Crippen LogP contribution in [0.25, 0.3) is 0 Å². The summed E-state index contributed by atoms with van der Waals surface area (Å²) in [4.78, 5) is 0.636. The van der Waals surface area contributed by atoms with E-state index in [9.17, 15) is 4.21 Å². The molecular formula is C14H13ClO2S. The summed E-state index contributed by atoms with van der Waals surface area (Å²) in [6.07, 6.45) is 0. The fraction of sp³-hybridized carbons (Fsp3) is 0.143. The normalized spacial score (nSPS) is 12.2. The van der Waals surface area contributed by atoms with Crippen molar-refractivity contribution in [2.75, 3.05) is 0 Å². The van der Waals surface area contributed by atoms with E-state index in [1.165, 1.54) is 0 Å². The molecule has 0 bridgehead atoms. The highest BCUT2D eigenvalue weighted by atomic mass is 35.5. The Morgan fingerprint density at radius 3 is 2.33 bits per heavy atom.